The first-order valence-electron chi connectivity index (χ1n) is 5.43. The molecule has 3 N–H and O–H groups in total. The van der Waals surface area contributed by atoms with Crippen molar-refractivity contribution in [2.45, 2.75) is 39.7 Å². The van der Waals surface area contributed by atoms with Gasteiger partial charge in [-0.25, -0.2) is 0 Å². The van der Waals surface area contributed by atoms with Gasteiger partial charge in [0.05, 0.1) is 0 Å². The predicted octanol–water partition coefficient (Wildman–Crippen LogP) is 2.70. The molecule has 1 atom stereocenters. The third-order valence-corrected chi connectivity index (χ3v) is 2.83. The Balaban J connectivity index is 2.55. The summed E-state index contributed by atoms with van der Waals surface area (Å²) in [6.45, 7) is 6.42. The van der Waals surface area contributed by atoms with E-state index in [1.807, 2.05) is 18.2 Å². The normalized spacial score (nSPS) is 13.9. The average Bonchev–Trinajstić information content (AvgIpc) is 2.14. The van der Waals surface area contributed by atoms with Crippen LogP contribution in [0.5, 0.6) is 5.75 Å². The Labute approximate surface area is 92.1 Å². The quantitative estimate of drug-likeness (QED) is 0.800. The standard InChI is InChI=1S/C13H21NO/c1-13(2,3)12(14)9-8-10-6-4-5-7-11(10)15/h4-7,12,15H,8-9,14H2,1-3H3. The Morgan fingerprint density at radius 1 is 1.27 bits per heavy atom. The Morgan fingerprint density at radius 2 is 1.87 bits per heavy atom. The smallest absolute Gasteiger partial charge is 0.118 e. The zero-order valence-electron chi connectivity index (χ0n) is 9.83. The number of rotatable bonds is 3. The molecule has 0 spiro atoms. The van der Waals surface area contributed by atoms with E-state index in [4.69, 9.17) is 5.73 Å². The van der Waals surface area contributed by atoms with Crippen LogP contribution in [0.2, 0.25) is 0 Å². The fourth-order valence-electron chi connectivity index (χ4n) is 1.47. The summed E-state index contributed by atoms with van der Waals surface area (Å²) in [4.78, 5) is 0. The van der Waals surface area contributed by atoms with Gasteiger partial charge in [0, 0.05) is 6.04 Å². The third-order valence-electron chi connectivity index (χ3n) is 2.83. The lowest BCUT2D eigenvalue weighted by Crippen LogP contribution is -2.35. The topological polar surface area (TPSA) is 46.2 Å². The van der Waals surface area contributed by atoms with Gasteiger partial charge in [0.25, 0.3) is 0 Å². The van der Waals surface area contributed by atoms with E-state index in [0.29, 0.717) is 5.75 Å². The van der Waals surface area contributed by atoms with E-state index in [1.54, 1.807) is 6.07 Å². The summed E-state index contributed by atoms with van der Waals surface area (Å²) in [6, 6.07) is 7.61. The first kappa shape index (κ1) is 12.1. The summed E-state index contributed by atoms with van der Waals surface area (Å²) in [5.74, 6) is 0.374. The molecule has 0 aliphatic heterocycles. The number of nitrogens with two attached hydrogens (primary N) is 1. The van der Waals surface area contributed by atoms with Crippen LogP contribution in [0.1, 0.15) is 32.8 Å². The van der Waals surface area contributed by atoms with Gasteiger partial charge in [-0.15, -0.1) is 0 Å². The number of hydrogen-bond donors (Lipinski definition) is 2. The first-order chi connectivity index (χ1) is 6.91. The molecule has 0 saturated heterocycles. The zero-order chi connectivity index (χ0) is 11.5. The van der Waals surface area contributed by atoms with Gasteiger partial charge in [0.2, 0.25) is 0 Å². The molecule has 2 nitrogen and oxygen atoms in total. The molecular formula is C13H21NO. The average molecular weight is 207 g/mol. The summed E-state index contributed by atoms with van der Waals surface area (Å²) < 4.78 is 0. The van der Waals surface area contributed by atoms with Crippen LogP contribution < -0.4 is 5.73 Å². The number of phenolic OH excluding ortho intramolecular Hbond substituents is 1. The fourth-order valence-corrected chi connectivity index (χ4v) is 1.47. The molecule has 0 aliphatic carbocycles. The number of para-hydroxylation sites is 1. The van der Waals surface area contributed by atoms with Crippen molar-refractivity contribution in [3.63, 3.8) is 0 Å². The van der Waals surface area contributed by atoms with Crippen LogP contribution in [0, 0.1) is 5.41 Å². The van der Waals surface area contributed by atoms with Crippen molar-refractivity contribution in [2.24, 2.45) is 11.1 Å². The van der Waals surface area contributed by atoms with Crippen molar-refractivity contribution in [2.75, 3.05) is 0 Å². The predicted molar refractivity (Wildman–Crippen MR) is 63.9 cm³/mol. The van der Waals surface area contributed by atoms with Crippen molar-refractivity contribution in [3.05, 3.63) is 29.8 Å². The van der Waals surface area contributed by atoms with Crippen LogP contribution in [0.15, 0.2) is 24.3 Å². The Bertz CT molecular complexity index is 315. The van der Waals surface area contributed by atoms with Crippen LogP contribution in [-0.2, 0) is 6.42 Å². The zero-order valence-corrected chi connectivity index (χ0v) is 9.83. The number of aryl methyl sites for hydroxylation is 1. The van der Waals surface area contributed by atoms with Gasteiger partial charge < -0.3 is 10.8 Å². The van der Waals surface area contributed by atoms with Crippen LogP contribution >= 0.6 is 0 Å². The molecule has 2 heteroatoms. The molecule has 1 rings (SSSR count). The molecular weight excluding hydrogens is 186 g/mol. The van der Waals surface area contributed by atoms with Crippen molar-refractivity contribution in [3.8, 4) is 5.75 Å². The molecule has 0 radical (unpaired) electrons. The minimum Gasteiger partial charge on any atom is -0.508 e. The lowest BCUT2D eigenvalue weighted by molar-refractivity contribution is 0.305. The number of hydrogen-bond acceptors (Lipinski definition) is 2. The maximum absolute atomic E-state index is 9.59. The van der Waals surface area contributed by atoms with Gasteiger partial charge in [-0.1, -0.05) is 39.0 Å². The van der Waals surface area contributed by atoms with Crippen LogP contribution in [0.4, 0.5) is 0 Å². The molecule has 84 valence electrons. The molecule has 1 aromatic carbocycles. The maximum atomic E-state index is 9.59. The molecule has 0 bridgehead atoms. The van der Waals surface area contributed by atoms with Gasteiger partial charge in [0.15, 0.2) is 0 Å². The number of phenols is 1. The van der Waals surface area contributed by atoms with Gasteiger partial charge >= 0.3 is 0 Å². The summed E-state index contributed by atoms with van der Waals surface area (Å²) in [5.41, 5.74) is 7.18. The van der Waals surface area contributed by atoms with E-state index in [-0.39, 0.29) is 11.5 Å². The number of benzene rings is 1. The molecule has 0 saturated carbocycles. The molecule has 0 heterocycles. The van der Waals surface area contributed by atoms with E-state index in [1.165, 1.54) is 0 Å². The molecule has 0 amide bonds. The van der Waals surface area contributed by atoms with E-state index in [9.17, 15) is 5.11 Å². The Hall–Kier alpha value is -1.02. The van der Waals surface area contributed by atoms with Gasteiger partial charge in [-0.2, -0.15) is 0 Å². The molecule has 0 aliphatic rings. The largest absolute Gasteiger partial charge is 0.508 e. The summed E-state index contributed by atoms with van der Waals surface area (Å²) in [6.07, 6.45) is 1.74. The van der Waals surface area contributed by atoms with Crippen LogP contribution in [0.25, 0.3) is 0 Å². The maximum Gasteiger partial charge on any atom is 0.118 e. The van der Waals surface area contributed by atoms with E-state index >= 15 is 0 Å². The van der Waals surface area contributed by atoms with Crippen molar-refractivity contribution >= 4 is 0 Å². The summed E-state index contributed by atoms with van der Waals surface area (Å²) in [5, 5.41) is 9.59. The SMILES string of the molecule is CC(C)(C)C(N)CCc1ccccc1O. The van der Waals surface area contributed by atoms with Crippen LogP contribution in [-0.4, -0.2) is 11.1 Å². The second-order valence-corrected chi connectivity index (χ2v) is 5.14. The summed E-state index contributed by atoms with van der Waals surface area (Å²) in [7, 11) is 0. The first-order valence-corrected chi connectivity index (χ1v) is 5.43. The van der Waals surface area contributed by atoms with Crippen molar-refractivity contribution in [1.82, 2.24) is 0 Å². The van der Waals surface area contributed by atoms with Gasteiger partial charge in [-0.3, -0.25) is 0 Å². The summed E-state index contributed by atoms with van der Waals surface area (Å²) >= 11 is 0. The second kappa shape index (κ2) is 4.67. The lowest BCUT2D eigenvalue weighted by atomic mass is 9.84. The van der Waals surface area contributed by atoms with Crippen molar-refractivity contribution in [1.29, 1.82) is 0 Å². The Morgan fingerprint density at radius 3 is 2.40 bits per heavy atom. The minimum absolute atomic E-state index is 0.129. The van der Waals surface area contributed by atoms with E-state index < -0.39 is 0 Å². The van der Waals surface area contributed by atoms with Gasteiger partial charge in [0.1, 0.15) is 5.75 Å². The number of aromatic hydroxyl groups is 1. The third kappa shape index (κ3) is 3.56. The second-order valence-electron chi connectivity index (χ2n) is 5.14. The molecule has 15 heavy (non-hydrogen) atoms. The lowest BCUT2D eigenvalue weighted by Gasteiger charge is -2.27. The highest BCUT2D eigenvalue weighted by Crippen LogP contribution is 2.23. The monoisotopic (exact) mass is 207 g/mol. The molecule has 1 aromatic rings. The Kier molecular flexibility index (Phi) is 3.75. The highest BCUT2D eigenvalue weighted by atomic mass is 16.3. The van der Waals surface area contributed by atoms with E-state index in [2.05, 4.69) is 20.8 Å². The molecule has 0 fully saturated rings. The molecule has 0 aromatic heterocycles. The molecule has 1 unspecified atom stereocenters. The van der Waals surface area contributed by atoms with Crippen LogP contribution in [0.3, 0.4) is 0 Å². The highest BCUT2D eigenvalue weighted by Gasteiger charge is 2.20. The highest BCUT2D eigenvalue weighted by molar-refractivity contribution is 5.31. The minimum atomic E-state index is 0.129. The van der Waals surface area contributed by atoms with Gasteiger partial charge in [-0.05, 0) is 29.9 Å². The van der Waals surface area contributed by atoms with Crippen molar-refractivity contribution < 1.29 is 5.11 Å². The fraction of sp³-hybridized carbons (Fsp3) is 0.538. The van der Waals surface area contributed by atoms with E-state index in [0.717, 1.165) is 18.4 Å².